The monoisotopic (exact) mass is 194 g/mol. The molecule has 2 aromatic heterocycles. The summed E-state index contributed by atoms with van der Waals surface area (Å²) in [5.74, 6) is -0.396. The Bertz CT molecular complexity index is 419. The summed E-state index contributed by atoms with van der Waals surface area (Å²) in [5.41, 5.74) is 1.03. The fourth-order valence-corrected chi connectivity index (χ4v) is 1.62. The molecule has 13 heavy (non-hydrogen) atoms. The number of carboxylic acids is 1. The molecule has 0 radical (unpaired) electrons. The lowest BCUT2D eigenvalue weighted by Gasteiger charge is -1.88. The average molecular weight is 194 g/mol. The second kappa shape index (κ2) is 3.02. The molecule has 0 bridgehead atoms. The molecule has 0 aliphatic heterocycles. The minimum atomic E-state index is -0.992. The molecule has 0 saturated heterocycles. The van der Waals surface area contributed by atoms with Gasteiger partial charge in [0.2, 0.25) is 0 Å². The van der Waals surface area contributed by atoms with Crippen LogP contribution in [0.1, 0.15) is 10.5 Å². The molecular formula is C8H6N2O2S. The maximum absolute atomic E-state index is 10.5. The summed E-state index contributed by atoms with van der Waals surface area (Å²) in [5, 5.41) is 12.4. The van der Waals surface area contributed by atoms with Crippen molar-refractivity contribution < 1.29 is 9.90 Å². The highest BCUT2D eigenvalue weighted by Gasteiger charge is 2.08. The van der Waals surface area contributed by atoms with E-state index in [4.69, 9.17) is 5.11 Å². The summed E-state index contributed by atoms with van der Waals surface area (Å²) < 4.78 is 0. The van der Waals surface area contributed by atoms with Crippen molar-refractivity contribution in [3.8, 4) is 11.4 Å². The molecule has 5 heteroatoms. The summed E-state index contributed by atoms with van der Waals surface area (Å²) >= 11 is 1.54. The van der Waals surface area contributed by atoms with Gasteiger partial charge in [0, 0.05) is 10.9 Å². The van der Waals surface area contributed by atoms with E-state index in [1.54, 1.807) is 11.3 Å². The highest BCUT2D eigenvalue weighted by molar-refractivity contribution is 7.08. The first kappa shape index (κ1) is 8.00. The van der Waals surface area contributed by atoms with Gasteiger partial charge in [-0.2, -0.15) is 11.3 Å². The Morgan fingerprint density at radius 3 is 3.00 bits per heavy atom. The van der Waals surface area contributed by atoms with Crippen molar-refractivity contribution >= 4 is 17.3 Å². The van der Waals surface area contributed by atoms with Crippen LogP contribution in [0.2, 0.25) is 0 Å². The zero-order valence-electron chi connectivity index (χ0n) is 6.52. The highest BCUT2D eigenvalue weighted by atomic mass is 32.1. The number of aromatic nitrogens is 2. The number of carbonyl (C=O) groups is 1. The summed E-state index contributed by atoms with van der Waals surface area (Å²) in [4.78, 5) is 17.2. The molecule has 2 heterocycles. The number of H-pyrrole nitrogens is 1. The van der Waals surface area contributed by atoms with Crippen molar-refractivity contribution in [1.29, 1.82) is 0 Å². The van der Waals surface area contributed by atoms with Gasteiger partial charge in [0.05, 0.1) is 6.20 Å². The number of imidazole rings is 1. The van der Waals surface area contributed by atoms with Crippen molar-refractivity contribution in [2.24, 2.45) is 0 Å². The Balaban J connectivity index is 2.39. The van der Waals surface area contributed by atoms with Crippen LogP contribution in [-0.4, -0.2) is 21.0 Å². The SMILES string of the molecule is O=C(O)c1cnc(-c2ccsc2)[nH]1. The molecule has 4 nitrogen and oxygen atoms in total. The van der Waals surface area contributed by atoms with Crippen LogP contribution >= 0.6 is 11.3 Å². The van der Waals surface area contributed by atoms with Crippen molar-refractivity contribution in [2.45, 2.75) is 0 Å². The third-order valence-corrected chi connectivity index (χ3v) is 2.28. The first-order chi connectivity index (χ1) is 6.27. The minimum absolute atomic E-state index is 0.112. The van der Waals surface area contributed by atoms with Crippen molar-refractivity contribution in [1.82, 2.24) is 9.97 Å². The van der Waals surface area contributed by atoms with Gasteiger partial charge >= 0.3 is 5.97 Å². The summed E-state index contributed by atoms with van der Waals surface area (Å²) in [6.07, 6.45) is 1.31. The van der Waals surface area contributed by atoms with E-state index in [2.05, 4.69) is 9.97 Å². The topological polar surface area (TPSA) is 66.0 Å². The third kappa shape index (κ3) is 1.46. The smallest absolute Gasteiger partial charge is 0.353 e. The van der Waals surface area contributed by atoms with Gasteiger partial charge in [-0.25, -0.2) is 9.78 Å². The Morgan fingerprint density at radius 1 is 1.62 bits per heavy atom. The number of rotatable bonds is 2. The summed E-state index contributed by atoms with van der Waals surface area (Å²) in [7, 11) is 0. The van der Waals surface area contributed by atoms with E-state index >= 15 is 0 Å². The minimum Gasteiger partial charge on any atom is -0.477 e. The normalized spacial score (nSPS) is 10.2. The maximum Gasteiger partial charge on any atom is 0.353 e. The van der Waals surface area contributed by atoms with Crippen LogP contribution in [0.15, 0.2) is 23.0 Å². The first-order valence-electron chi connectivity index (χ1n) is 3.58. The zero-order chi connectivity index (χ0) is 9.26. The van der Waals surface area contributed by atoms with Crippen LogP contribution in [-0.2, 0) is 0 Å². The maximum atomic E-state index is 10.5. The van der Waals surface area contributed by atoms with Gasteiger partial charge in [-0.05, 0) is 11.4 Å². The molecule has 66 valence electrons. The van der Waals surface area contributed by atoms with Gasteiger partial charge in [0.15, 0.2) is 0 Å². The van der Waals surface area contributed by atoms with Crippen molar-refractivity contribution in [3.05, 3.63) is 28.7 Å². The van der Waals surface area contributed by atoms with E-state index in [1.165, 1.54) is 6.20 Å². The van der Waals surface area contributed by atoms with Gasteiger partial charge in [-0.15, -0.1) is 0 Å². The lowest BCUT2D eigenvalue weighted by Crippen LogP contribution is -1.95. The predicted octanol–water partition coefficient (Wildman–Crippen LogP) is 1.84. The fraction of sp³-hybridized carbons (Fsp3) is 0. The molecule has 0 aliphatic rings. The van der Waals surface area contributed by atoms with Crippen LogP contribution < -0.4 is 0 Å². The quantitative estimate of drug-likeness (QED) is 0.766. The number of aromatic carboxylic acids is 1. The fourth-order valence-electron chi connectivity index (χ4n) is 0.976. The van der Waals surface area contributed by atoms with E-state index in [0.29, 0.717) is 5.82 Å². The van der Waals surface area contributed by atoms with Gasteiger partial charge in [0.1, 0.15) is 11.5 Å². The first-order valence-corrected chi connectivity index (χ1v) is 4.52. The zero-order valence-corrected chi connectivity index (χ0v) is 7.34. The van der Waals surface area contributed by atoms with E-state index in [1.807, 2.05) is 16.8 Å². The van der Waals surface area contributed by atoms with E-state index in [-0.39, 0.29) is 5.69 Å². The second-order valence-corrected chi connectivity index (χ2v) is 3.24. The molecule has 0 spiro atoms. The Kier molecular flexibility index (Phi) is 1.86. The molecule has 2 N–H and O–H groups in total. The van der Waals surface area contributed by atoms with Crippen LogP contribution in [0.5, 0.6) is 0 Å². The average Bonchev–Trinajstić information content (AvgIpc) is 2.75. The molecule has 0 atom stereocenters. The summed E-state index contributed by atoms with van der Waals surface area (Å²) in [6, 6.07) is 1.88. The standard InChI is InChI=1S/C8H6N2O2S/c11-8(12)6-3-9-7(10-6)5-1-2-13-4-5/h1-4H,(H,9,10)(H,11,12). The number of thiophene rings is 1. The molecule has 0 fully saturated rings. The molecule has 0 aromatic carbocycles. The highest BCUT2D eigenvalue weighted by Crippen LogP contribution is 2.18. The Morgan fingerprint density at radius 2 is 2.46 bits per heavy atom. The van der Waals surface area contributed by atoms with Gasteiger partial charge < -0.3 is 10.1 Å². The number of aromatic amines is 1. The molecular weight excluding hydrogens is 188 g/mol. The third-order valence-electron chi connectivity index (χ3n) is 1.60. The summed E-state index contributed by atoms with van der Waals surface area (Å²) in [6.45, 7) is 0. The number of hydrogen-bond acceptors (Lipinski definition) is 3. The molecule has 2 rings (SSSR count). The number of carboxylic acid groups (broad SMARTS) is 1. The van der Waals surface area contributed by atoms with E-state index < -0.39 is 5.97 Å². The Hall–Kier alpha value is -1.62. The van der Waals surface area contributed by atoms with Crippen molar-refractivity contribution in [2.75, 3.05) is 0 Å². The van der Waals surface area contributed by atoms with E-state index in [9.17, 15) is 4.79 Å². The molecule has 0 saturated carbocycles. The largest absolute Gasteiger partial charge is 0.477 e. The number of hydrogen-bond donors (Lipinski definition) is 2. The van der Waals surface area contributed by atoms with Gasteiger partial charge in [-0.3, -0.25) is 0 Å². The van der Waals surface area contributed by atoms with Crippen LogP contribution in [0.4, 0.5) is 0 Å². The number of nitrogens with one attached hydrogen (secondary N) is 1. The van der Waals surface area contributed by atoms with Crippen LogP contribution in [0.3, 0.4) is 0 Å². The molecule has 0 amide bonds. The lowest BCUT2D eigenvalue weighted by molar-refractivity contribution is 0.0691. The molecule has 0 aliphatic carbocycles. The van der Waals surface area contributed by atoms with Gasteiger partial charge in [0.25, 0.3) is 0 Å². The van der Waals surface area contributed by atoms with E-state index in [0.717, 1.165) is 5.56 Å². The Labute approximate surface area is 77.9 Å². The molecule has 0 unspecified atom stereocenters. The van der Waals surface area contributed by atoms with Crippen molar-refractivity contribution in [3.63, 3.8) is 0 Å². The van der Waals surface area contributed by atoms with Gasteiger partial charge in [-0.1, -0.05) is 0 Å². The molecule has 2 aromatic rings. The lowest BCUT2D eigenvalue weighted by atomic mass is 10.3. The second-order valence-electron chi connectivity index (χ2n) is 2.46. The van der Waals surface area contributed by atoms with Crippen LogP contribution in [0, 0.1) is 0 Å². The number of nitrogens with zero attached hydrogens (tertiary/aromatic N) is 1. The van der Waals surface area contributed by atoms with Crippen LogP contribution in [0.25, 0.3) is 11.4 Å². The predicted molar refractivity (Wildman–Crippen MR) is 48.9 cm³/mol.